The first-order valence-electron chi connectivity index (χ1n) is 9.37. The molecule has 1 N–H and O–H groups in total. The van der Waals surface area contributed by atoms with Crippen LogP contribution in [0.2, 0.25) is 0 Å². The van der Waals surface area contributed by atoms with E-state index >= 15 is 0 Å². The van der Waals surface area contributed by atoms with Crippen molar-refractivity contribution >= 4 is 11.6 Å². The van der Waals surface area contributed by atoms with Crippen molar-refractivity contribution in [1.29, 1.82) is 0 Å². The molecule has 0 bridgehead atoms. The summed E-state index contributed by atoms with van der Waals surface area (Å²) < 4.78 is 3.30. The van der Waals surface area contributed by atoms with Crippen LogP contribution in [-0.4, -0.2) is 15.3 Å². The molecule has 0 unspecified atom stereocenters. The molecule has 5 heteroatoms. The van der Waals surface area contributed by atoms with E-state index in [1.54, 1.807) is 22.5 Å². The Morgan fingerprint density at radius 2 is 1.41 bits per heavy atom. The maximum atomic E-state index is 13.1. The highest BCUT2D eigenvalue weighted by molar-refractivity contribution is 6.08. The van der Waals surface area contributed by atoms with Crippen LogP contribution >= 0.6 is 0 Å². The van der Waals surface area contributed by atoms with Crippen molar-refractivity contribution in [2.75, 3.05) is 5.32 Å². The number of para-hydroxylation sites is 1. The fourth-order valence-electron chi connectivity index (χ4n) is 3.44. The van der Waals surface area contributed by atoms with Crippen LogP contribution in [0.3, 0.4) is 0 Å². The first-order chi connectivity index (χ1) is 14.1. The molecular formula is C24H21N3O2. The van der Waals surface area contributed by atoms with E-state index in [4.69, 9.17) is 0 Å². The number of rotatable bonds is 4. The summed E-state index contributed by atoms with van der Waals surface area (Å²) in [4.78, 5) is 26.2. The summed E-state index contributed by atoms with van der Waals surface area (Å²) in [6.45, 7) is 1.82. The monoisotopic (exact) mass is 383 g/mol. The van der Waals surface area contributed by atoms with Crippen LogP contribution in [0.25, 0.3) is 16.8 Å². The standard InChI is InChI=1S/C24H21N3O2/c1-17-22(24(29)27(26(17)2)19-13-7-4-8-14-19)25-23(28)21-16-10-9-15-20(21)18-11-5-3-6-12-18/h3-16H,1-2H3,(H,25,28). The normalized spacial score (nSPS) is 10.7. The molecule has 0 fully saturated rings. The van der Waals surface area contributed by atoms with E-state index in [1.165, 1.54) is 0 Å². The van der Waals surface area contributed by atoms with Crippen molar-refractivity contribution < 1.29 is 4.79 Å². The Morgan fingerprint density at radius 1 is 0.828 bits per heavy atom. The third-order valence-electron chi connectivity index (χ3n) is 5.05. The van der Waals surface area contributed by atoms with Gasteiger partial charge in [0.25, 0.3) is 11.5 Å². The van der Waals surface area contributed by atoms with Crippen molar-refractivity contribution in [3.63, 3.8) is 0 Å². The van der Waals surface area contributed by atoms with E-state index in [-0.39, 0.29) is 17.2 Å². The molecule has 0 radical (unpaired) electrons. The van der Waals surface area contributed by atoms with Gasteiger partial charge in [0.15, 0.2) is 0 Å². The molecule has 1 heterocycles. The zero-order valence-electron chi connectivity index (χ0n) is 16.3. The Kier molecular flexibility index (Phi) is 4.87. The fraction of sp³-hybridized carbons (Fsp3) is 0.0833. The minimum Gasteiger partial charge on any atom is -0.316 e. The van der Waals surface area contributed by atoms with E-state index in [9.17, 15) is 9.59 Å². The summed E-state index contributed by atoms with van der Waals surface area (Å²) in [5.41, 5.74) is 3.74. The predicted octanol–water partition coefficient (Wildman–Crippen LogP) is 4.40. The van der Waals surface area contributed by atoms with E-state index < -0.39 is 0 Å². The number of hydrogen-bond donors (Lipinski definition) is 1. The average Bonchev–Trinajstić information content (AvgIpc) is 2.98. The van der Waals surface area contributed by atoms with Gasteiger partial charge in [0.2, 0.25) is 0 Å². The lowest BCUT2D eigenvalue weighted by Crippen LogP contribution is -2.23. The van der Waals surface area contributed by atoms with Gasteiger partial charge in [-0.05, 0) is 36.2 Å². The Bertz CT molecular complexity index is 1220. The smallest absolute Gasteiger partial charge is 0.295 e. The molecule has 1 amide bonds. The molecule has 4 rings (SSSR count). The first kappa shape index (κ1) is 18.5. The largest absolute Gasteiger partial charge is 0.316 e. The van der Waals surface area contributed by atoms with Crippen molar-refractivity contribution in [2.45, 2.75) is 6.92 Å². The molecule has 0 aliphatic heterocycles. The van der Waals surface area contributed by atoms with E-state index in [2.05, 4.69) is 5.32 Å². The van der Waals surface area contributed by atoms with Crippen LogP contribution in [0.4, 0.5) is 5.69 Å². The van der Waals surface area contributed by atoms with Crippen molar-refractivity contribution in [1.82, 2.24) is 9.36 Å². The van der Waals surface area contributed by atoms with Gasteiger partial charge in [-0.15, -0.1) is 0 Å². The number of aromatic nitrogens is 2. The minimum atomic E-state index is -0.310. The molecular weight excluding hydrogens is 362 g/mol. The Balaban J connectivity index is 1.74. The number of nitrogens with one attached hydrogen (secondary N) is 1. The molecule has 0 saturated carbocycles. The summed E-state index contributed by atoms with van der Waals surface area (Å²) in [6, 6.07) is 26.5. The molecule has 1 aromatic heterocycles. The second-order valence-electron chi connectivity index (χ2n) is 6.80. The third kappa shape index (κ3) is 3.38. The fourth-order valence-corrected chi connectivity index (χ4v) is 3.44. The number of hydrogen-bond acceptors (Lipinski definition) is 2. The first-order valence-corrected chi connectivity index (χ1v) is 9.37. The SMILES string of the molecule is Cc1c(NC(=O)c2ccccc2-c2ccccc2)c(=O)n(-c2ccccc2)n1C. The Labute approximate surface area is 168 Å². The number of carbonyl (C=O) groups is 1. The van der Waals surface area contributed by atoms with Gasteiger partial charge in [-0.3, -0.25) is 14.3 Å². The summed E-state index contributed by atoms with van der Waals surface area (Å²) in [5, 5.41) is 2.84. The zero-order chi connectivity index (χ0) is 20.4. The molecule has 4 aromatic rings. The van der Waals surface area contributed by atoms with Crippen LogP contribution < -0.4 is 10.9 Å². The van der Waals surface area contributed by atoms with Crippen LogP contribution in [0.15, 0.2) is 89.7 Å². The van der Waals surface area contributed by atoms with Crippen molar-refractivity contribution in [2.24, 2.45) is 7.05 Å². The molecule has 0 atom stereocenters. The van der Waals surface area contributed by atoms with Crippen LogP contribution in [0.5, 0.6) is 0 Å². The lowest BCUT2D eigenvalue weighted by atomic mass is 9.99. The quantitative estimate of drug-likeness (QED) is 0.568. The summed E-state index contributed by atoms with van der Waals surface area (Å²) in [7, 11) is 1.80. The molecule has 0 aliphatic carbocycles. The summed E-state index contributed by atoms with van der Waals surface area (Å²) in [6.07, 6.45) is 0. The van der Waals surface area contributed by atoms with Gasteiger partial charge in [0.1, 0.15) is 5.69 Å². The van der Waals surface area contributed by atoms with Gasteiger partial charge >= 0.3 is 0 Å². The predicted molar refractivity (Wildman–Crippen MR) is 116 cm³/mol. The highest BCUT2D eigenvalue weighted by Gasteiger charge is 2.20. The summed E-state index contributed by atoms with van der Waals surface area (Å²) in [5.74, 6) is -0.310. The molecule has 3 aromatic carbocycles. The maximum absolute atomic E-state index is 13.1. The highest BCUT2D eigenvalue weighted by Crippen LogP contribution is 2.24. The number of carbonyl (C=O) groups excluding carboxylic acids is 1. The number of nitrogens with zero attached hydrogens (tertiary/aromatic N) is 2. The van der Waals surface area contributed by atoms with E-state index in [1.807, 2.05) is 85.8 Å². The lowest BCUT2D eigenvalue weighted by molar-refractivity contribution is 0.102. The lowest BCUT2D eigenvalue weighted by Gasteiger charge is -2.10. The highest BCUT2D eigenvalue weighted by atomic mass is 16.2. The molecule has 0 spiro atoms. The topological polar surface area (TPSA) is 56.0 Å². The average molecular weight is 383 g/mol. The van der Waals surface area contributed by atoms with Crippen LogP contribution in [0, 0.1) is 6.92 Å². The molecule has 29 heavy (non-hydrogen) atoms. The van der Waals surface area contributed by atoms with Gasteiger partial charge in [-0.25, -0.2) is 4.68 Å². The second kappa shape index (κ2) is 7.64. The Hall–Kier alpha value is -3.86. The van der Waals surface area contributed by atoms with Crippen LogP contribution in [0.1, 0.15) is 16.1 Å². The summed E-state index contributed by atoms with van der Waals surface area (Å²) >= 11 is 0. The maximum Gasteiger partial charge on any atom is 0.295 e. The minimum absolute atomic E-state index is 0.262. The van der Waals surface area contributed by atoms with Gasteiger partial charge < -0.3 is 5.32 Å². The molecule has 0 saturated heterocycles. The molecule has 144 valence electrons. The number of anilines is 1. The van der Waals surface area contributed by atoms with Gasteiger partial charge in [0, 0.05) is 12.6 Å². The van der Waals surface area contributed by atoms with Crippen molar-refractivity contribution in [3.8, 4) is 16.8 Å². The number of benzene rings is 3. The number of amides is 1. The third-order valence-corrected chi connectivity index (χ3v) is 5.05. The molecule has 5 nitrogen and oxygen atoms in total. The second-order valence-corrected chi connectivity index (χ2v) is 6.80. The Morgan fingerprint density at radius 3 is 2.10 bits per heavy atom. The van der Waals surface area contributed by atoms with Gasteiger partial charge in [-0.2, -0.15) is 0 Å². The van der Waals surface area contributed by atoms with Gasteiger partial charge in [0.05, 0.1) is 11.4 Å². The van der Waals surface area contributed by atoms with E-state index in [0.29, 0.717) is 11.3 Å². The van der Waals surface area contributed by atoms with E-state index in [0.717, 1.165) is 16.8 Å². The van der Waals surface area contributed by atoms with Crippen molar-refractivity contribution in [3.05, 3.63) is 107 Å². The van der Waals surface area contributed by atoms with Crippen LogP contribution in [-0.2, 0) is 7.05 Å². The van der Waals surface area contributed by atoms with Gasteiger partial charge in [-0.1, -0.05) is 66.7 Å². The zero-order valence-corrected chi connectivity index (χ0v) is 16.3. The molecule has 0 aliphatic rings.